The quantitative estimate of drug-likeness (QED) is 0.404. The molecule has 0 saturated heterocycles. The third-order valence-corrected chi connectivity index (χ3v) is 5.41. The fraction of sp³-hybridized carbons (Fsp3) is 0.684. The van der Waals surface area contributed by atoms with Crippen molar-refractivity contribution in [2.75, 3.05) is 0 Å². The van der Waals surface area contributed by atoms with Gasteiger partial charge in [-0.3, -0.25) is 4.55 Å². The van der Waals surface area contributed by atoms with Gasteiger partial charge in [-0.2, -0.15) is 8.42 Å². The van der Waals surface area contributed by atoms with Gasteiger partial charge in [-0.15, -0.1) is 0 Å². The van der Waals surface area contributed by atoms with E-state index in [1.807, 2.05) is 13.0 Å². The Balaban J connectivity index is 2.36. The van der Waals surface area contributed by atoms with Crippen molar-refractivity contribution < 1.29 is 13.0 Å². The predicted octanol–water partition coefficient (Wildman–Crippen LogP) is 5.88. The maximum Gasteiger partial charge on any atom is 0.294 e. The SMILES string of the molecule is CCCCCCCCCCC(C)c1ccc(S(=O)(=O)O)cc1C. The maximum absolute atomic E-state index is 11.2. The van der Waals surface area contributed by atoms with Gasteiger partial charge in [-0.1, -0.05) is 71.3 Å². The molecule has 0 amide bonds. The first-order valence-electron chi connectivity index (χ1n) is 8.94. The monoisotopic (exact) mass is 340 g/mol. The van der Waals surface area contributed by atoms with Crippen LogP contribution < -0.4 is 0 Å². The molecule has 0 heterocycles. The fourth-order valence-electron chi connectivity index (χ4n) is 3.10. The zero-order valence-corrected chi connectivity index (χ0v) is 15.7. The number of rotatable bonds is 11. The van der Waals surface area contributed by atoms with Crippen LogP contribution in [0.1, 0.15) is 88.7 Å². The topological polar surface area (TPSA) is 54.4 Å². The zero-order valence-electron chi connectivity index (χ0n) is 14.8. The van der Waals surface area contributed by atoms with Crippen LogP contribution >= 0.6 is 0 Å². The lowest BCUT2D eigenvalue weighted by atomic mass is 9.91. The van der Waals surface area contributed by atoms with Crippen LogP contribution in [-0.4, -0.2) is 13.0 Å². The number of hydrogen-bond acceptors (Lipinski definition) is 2. The molecule has 0 bridgehead atoms. The number of unbranched alkanes of at least 4 members (excludes halogenated alkanes) is 7. The van der Waals surface area contributed by atoms with Crippen molar-refractivity contribution in [1.82, 2.24) is 0 Å². The van der Waals surface area contributed by atoms with Crippen LogP contribution in [0.25, 0.3) is 0 Å². The molecule has 0 aliphatic rings. The molecular weight excluding hydrogens is 308 g/mol. The molecule has 1 unspecified atom stereocenters. The van der Waals surface area contributed by atoms with E-state index in [2.05, 4.69) is 13.8 Å². The molecule has 4 heteroatoms. The Morgan fingerprint density at radius 2 is 1.57 bits per heavy atom. The number of hydrogen-bond donors (Lipinski definition) is 1. The van der Waals surface area contributed by atoms with Gasteiger partial charge in [0.15, 0.2) is 0 Å². The second-order valence-electron chi connectivity index (χ2n) is 6.66. The smallest absolute Gasteiger partial charge is 0.282 e. The summed E-state index contributed by atoms with van der Waals surface area (Å²) in [5.74, 6) is 0.422. The average Bonchev–Trinajstić information content (AvgIpc) is 2.48. The average molecular weight is 341 g/mol. The van der Waals surface area contributed by atoms with E-state index in [9.17, 15) is 8.42 Å². The van der Waals surface area contributed by atoms with Crippen LogP contribution in [0, 0.1) is 6.92 Å². The summed E-state index contributed by atoms with van der Waals surface area (Å²) in [6.45, 7) is 6.34. The van der Waals surface area contributed by atoms with E-state index >= 15 is 0 Å². The van der Waals surface area contributed by atoms with Crippen LogP contribution in [-0.2, 0) is 10.1 Å². The summed E-state index contributed by atoms with van der Waals surface area (Å²) in [6, 6.07) is 4.91. The molecule has 0 saturated carbocycles. The van der Waals surface area contributed by atoms with Crippen molar-refractivity contribution in [1.29, 1.82) is 0 Å². The molecule has 0 radical (unpaired) electrons. The first-order valence-corrected chi connectivity index (χ1v) is 10.4. The van der Waals surface area contributed by atoms with Gasteiger partial charge in [0.05, 0.1) is 4.90 Å². The Kier molecular flexibility index (Phi) is 8.85. The van der Waals surface area contributed by atoms with E-state index in [0.717, 1.165) is 12.0 Å². The summed E-state index contributed by atoms with van der Waals surface area (Å²) in [5, 5.41) is 0. The van der Waals surface area contributed by atoms with Crippen LogP contribution in [0.4, 0.5) is 0 Å². The number of aryl methyl sites for hydroxylation is 1. The third-order valence-electron chi connectivity index (χ3n) is 4.56. The van der Waals surface area contributed by atoms with Gasteiger partial charge in [-0.05, 0) is 42.5 Å². The van der Waals surface area contributed by atoms with E-state index < -0.39 is 10.1 Å². The fourth-order valence-corrected chi connectivity index (χ4v) is 3.67. The lowest BCUT2D eigenvalue weighted by molar-refractivity contribution is 0.483. The summed E-state index contributed by atoms with van der Waals surface area (Å²) in [4.78, 5) is -0.0157. The Labute approximate surface area is 142 Å². The molecule has 132 valence electrons. The molecule has 0 aliphatic heterocycles. The largest absolute Gasteiger partial charge is 0.294 e. The molecule has 1 rings (SSSR count). The van der Waals surface area contributed by atoms with Gasteiger partial charge < -0.3 is 0 Å². The van der Waals surface area contributed by atoms with Gasteiger partial charge in [-0.25, -0.2) is 0 Å². The minimum atomic E-state index is -4.10. The summed E-state index contributed by atoms with van der Waals surface area (Å²) in [5.41, 5.74) is 2.12. The van der Waals surface area contributed by atoms with E-state index in [1.165, 1.54) is 63.0 Å². The second-order valence-corrected chi connectivity index (χ2v) is 8.08. The standard InChI is InChI=1S/C19H32O3S/c1-4-5-6-7-8-9-10-11-12-16(2)19-14-13-18(15-17(19)3)23(20,21)22/h13-16H,4-12H2,1-3H3,(H,20,21,22). The first kappa shape index (κ1) is 20.2. The highest BCUT2D eigenvalue weighted by Gasteiger charge is 2.14. The Bertz CT molecular complexity index is 564. The second kappa shape index (κ2) is 10.1. The van der Waals surface area contributed by atoms with Crippen LogP contribution in [0.3, 0.4) is 0 Å². The van der Waals surface area contributed by atoms with Crippen LogP contribution in [0.5, 0.6) is 0 Å². The van der Waals surface area contributed by atoms with Gasteiger partial charge in [0, 0.05) is 0 Å². The molecule has 0 aliphatic carbocycles. The van der Waals surface area contributed by atoms with E-state index in [1.54, 1.807) is 6.07 Å². The Morgan fingerprint density at radius 1 is 1.00 bits per heavy atom. The molecule has 1 N–H and O–H groups in total. The molecule has 23 heavy (non-hydrogen) atoms. The van der Waals surface area contributed by atoms with Crippen molar-refractivity contribution >= 4 is 10.1 Å². The third kappa shape index (κ3) is 7.49. The van der Waals surface area contributed by atoms with Gasteiger partial charge in [0.2, 0.25) is 0 Å². The summed E-state index contributed by atoms with van der Waals surface area (Å²) < 4.78 is 31.4. The van der Waals surface area contributed by atoms with Crippen molar-refractivity contribution in [3.05, 3.63) is 29.3 Å². The molecule has 3 nitrogen and oxygen atoms in total. The van der Waals surface area contributed by atoms with Gasteiger partial charge in [0.25, 0.3) is 10.1 Å². The van der Waals surface area contributed by atoms with Crippen molar-refractivity contribution in [3.8, 4) is 0 Å². The summed E-state index contributed by atoms with van der Waals surface area (Å²) in [6.07, 6.45) is 11.7. The molecule has 0 fully saturated rings. The minimum Gasteiger partial charge on any atom is -0.282 e. The minimum absolute atomic E-state index is 0.0157. The predicted molar refractivity (Wildman–Crippen MR) is 96.6 cm³/mol. The highest BCUT2D eigenvalue weighted by molar-refractivity contribution is 7.85. The molecule has 1 atom stereocenters. The van der Waals surface area contributed by atoms with Crippen molar-refractivity contribution in [2.24, 2.45) is 0 Å². The molecular formula is C19H32O3S. The van der Waals surface area contributed by atoms with Crippen LogP contribution in [0.15, 0.2) is 23.1 Å². The highest BCUT2D eigenvalue weighted by atomic mass is 32.2. The normalized spacial score (nSPS) is 13.2. The van der Waals surface area contributed by atoms with Crippen molar-refractivity contribution in [3.63, 3.8) is 0 Å². The maximum atomic E-state index is 11.2. The Hall–Kier alpha value is -0.870. The zero-order chi connectivity index (χ0) is 17.3. The lowest BCUT2D eigenvalue weighted by Crippen LogP contribution is -2.02. The molecule has 1 aromatic carbocycles. The van der Waals surface area contributed by atoms with Crippen molar-refractivity contribution in [2.45, 2.75) is 89.4 Å². The van der Waals surface area contributed by atoms with Crippen LogP contribution in [0.2, 0.25) is 0 Å². The number of benzene rings is 1. The van der Waals surface area contributed by atoms with Gasteiger partial charge in [0.1, 0.15) is 0 Å². The summed E-state index contributed by atoms with van der Waals surface area (Å²) >= 11 is 0. The molecule has 0 spiro atoms. The highest BCUT2D eigenvalue weighted by Crippen LogP contribution is 2.27. The first-order chi connectivity index (χ1) is 10.9. The van der Waals surface area contributed by atoms with E-state index in [4.69, 9.17) is 4.55 Å². The van der Waals surface area contributed by atoms with E-state index in [-0.39, 0.29) is 4.90 Å². The Morgan fingerprint density at radius 3 is 2.09 bits per heavy atom. The lowest BCUT2D eigenvalue weighted by Gasteiger charge is -2.15. The van der Waals surface area contributed by atoms with E-state index in [0.29, 0.717) is 5.92 Å². The molecule has 1 aromatic rings. The van der Waals surface area contributed by atoms with Gasteiger partial charge >= 0.3 is 0 Å². The molecule has 0 aromatic heterocycles. The summed E-state index contributed by atoms with van der Waals surface area (Å²) in [7, 11) is -4.10.